The minimum Gasteiger partial charge on any atom is -0.349 e. The summed E-state index contributed by atoms with van der Waals surface area (Å²) in [6.07, 6.45) is -2.32. The highest BCUT2D eigenvalue weighted by Gasteiger charge is 2.30. The number of rotatable bonds is 13. The van der Waals surface area contributed by atoms with E-state index in [2.05, 4.69) is 15.6 Å². The molecule has 1 aromatic heterocycles. The number of alkyl halides is 3. The van der Waals surface area contributed by atoms with Crippen LogP contribution in [0.2, 0.25) is 0 Å². The van der Waals surface area contributed by atoms with E-state index in [0.717, 1.165) is 28.4 Å². The van der Waals surface area contributed by atoms with E-state index in [-0.39, 0.29) is 35.5 Å². The first kappa shape index (κ1) is 34.8. The highest BCUT2D eigenvalue weighted by atomic mass is 32.1. The summed E-state index contributed by atoms with van der Waals surface area (Å²) < 4.78 is 39.5. The molecule has 2 N–H and O–H groups in total. The van der Waals surface area contributed by atoms with Crippen LogP contribution >= 0.6 is 11.3 Å². The number of halogens is 3. The number of hydrogen-bond donors (Lipinski definition) is 2. The van der Waals surface area contributed by atoms with Gasteiger partial charge in [0, 0.05) is 60.5 Å². The van der Waals surface area contributed by atoms with E-state index in [1.54, 1.807) is 41.1 Å². The van der Waals surface area contributed by atoms with E-state index in [9.17, 15) is 27.6 Å². The van der Waals surface area contributed by atoms with Crippen LogP contribution < -0.4 is 15.5 Å². The number of carbonyl (C=O) groups is 3. The molecule has 5 rings (SSSR count). The molecule has 0 unspecified atom stereocenters. The largest absolute Gasteiger partial charge is 0.416 e. The van der Waals surface area contributed by atoms with Gasteiger partial charge in [0.15, 0.2) is 0 Å². The molecule has 2 heterocycles. The van der Waals surface area contributed by atoms with Crippen LogP contribution in [0.5, 0.6) is 0 Å². The molecular weight excluding hydrogens is 639 g/mol. The van der Waals surface area contributed by atoms with E-state index in [1.807, 2.05) is 42.6 Å². The molecule has 0 saturated carbocycles. The Balaban J connectivity index is 1.33. The van der Waals surface area contributed by atoms with E-state index in [0.29, 0.717) is 56.6 Å². The Morgan fingerprint density at radius 2 is 1.77 bits per heavy atom. The average molecular weight is 678 g/mol. The normalized spacial score (nSPS) is 13.9. The molecule has 0 bridgehead atoms. The van der Waals surface area contributed by atoms with Crippen LogP contribution in [0, 0.1) is 6.92 Å². The molecule has 252 valence electrons. The second-order valence-corrected chi connectivity index (χ2v) is 12.9. The Hall–Kier alpha value is -4.55. The second kappa shape index (κ2) is 15.6. The first-order valence-electron chi connectivity index (χ1n) is 15.8. The summed E-state index contributed by atoms with van der Waals surface area (Å²) >= 11 is 1.47. The molecule has 8 nitrogen and oxygen atoms in total. The van der Waals surface area contributed by atoms with Crippen LogP contribution in [0.4, 0.5) is 18.9 Å². The van der Waals surface area contributed by atoms with E-state index in [1.165, 1.54) is 17.4 Å². The van der Waals surface area contributed by atoms with Gasteiger partial charge < -0.3 is 20.4 Å². The van der Waals surface area contributed by atoms with Crippen molar-refractivity contribution in [2.75, 3.05) is 25.0 Å². The van der Waals surface area contributed by atoms with Crippen LogP contribution in [0.15, 0.2) is 78.2 Å². The molecule has 3 amide bonds. The van der Waals surface area contributed by atoms with Gasteiger partial charge in [-0.25, -0.2) is 4.98 Å². The molecule has 0 aliphatic carbocycles. The van der Waals surface area contributed by atoms with Crippen LogP contribution in [-0.4, -0.2) is 53.8 Å². The smallest absolute Gasteiger partial charge is 0.349 e. The molecule has 1 saturated heterocycles. The molecule has 3 aromatic carbocycles. The number of anilines is 1. The van der Waals surface area contributed by atoms with E-state index >= 15 is 0 Å². The van der Waals surface area contributed by atoms with Crippen LogP contribution in [-0.2, 0) is 30.5 Å². The van der Waals surface area contributed by atoms with Crippen molar-refractivity contribution < 1.29 is 27.6 Å². The van der Waals surface area contributed by atoms with Crippen molar-refractivity contribution in [2.45, 2.75) is 57.9 Å². The molecule has 1 atom stereocenters. The van der Waals surface area contributed by atoms with Crippen molar-refractivity contribution in [1.82, 2.24) is 20.5 Å². The predicted molar refractivity (Wildman–Crippen MR) is 180 cm³/mol. The molecular formula is C36H38F3N5O3S. The zero-order chi connectivity index (χ0) is 34.3. The lowest BCUT2D eigenvalue weighted by atomic mass is 10.0. The molecule has 1 aliphatic rings. The number of benzene rings is 3. The Kier molecular flexibility index (Phi) is 11.3. The van der Waals surface area contributed by atoms with Gasteiger partial charge in [-0.15, -0.1) is 11.3 Å². The van der Waals surface area contributed by atoms with E-state index < -0.39 is 17.6 Å². The quantitative estimate of drug-likeness (QED) is 0.160. The number of aromatic nitrogens is 1. The second-order valence-electron chi connectivity index (χ2n) is 12.0. The van der Waals surface area contributed by atoms with Crippen molar-refractivity contribution in [3.63, 3.8) is 0 Å². The molecule has 0 spiro atoms. The molecule has 4 aromatic rings. The Labute approximate surface area is 282 Å². The van der Waals surface area contributed by atoms with Gasteiger partial charge in [0.25, 0.3) is 11.8 Å². The highest BCUT2D eigenvalue weighted by Crippen LogP contribution is 2.30. The maximum Gasteiger partial charge on any atom is 0.416 e. The van der Waals surface area contributed by atoms with Crippen molar-refractivity contribution in [3.05, 3.63) is 117 Å². The number of nitrogens with one attached hydrogen (secondary N) is 2. The molecule has 0 radical (unpaired) electrons. The number of aryl methyl sites for hydroxylation is 1. The molecule has 1 aliphatic heterocycles. The van der Waals surface area contributed by atoms with Crippen LogP contribution in [0.1, 0.15) is 67.4 Å². The lowest BCUT2D eigenvalue weighted by molar-refractivity contribution is -0.137. The number of amides is 3. The topological polar surface area (TPSA) is 94.6 Å². The first-order chi connectivity index (χ1) is 23.0. The van der Waals surface area contributed by atoms with E-state index in [4.69, 9.17) is 0 Å². The standard InChI is InChI=1S/C36H38F3N5O3S/c1-24-23-48-32(41-24)22-43(2)35(47)28-18-27(19-31(20-28)44-15-7-12-33(44)45)34(46)42-30(17-25-8-4-3-5-9-25)13-14-40-21-26-10-6-11-29(16-26)36(37,38)39/h3-6,8-11,16,18-20,23,30,40H,7,12-15,17,21-22H2,1-2H3,(H,42,46)/t30-/m1/s1. The summed E-state index contributed by atoms with van der Waals surface area (Å²) in [4.78, 5) is 47.7. The predicted octanol–water partition coefficient (Wildman–Crippen LogP) is 6.39. The summed E-state index contributed by atoms with van der Waals surface area (Å²) in [5.41, 5.74) is 2.73. The summed E-state index contributed by atoms with van der Waals surface area (Å²) in [5.74, 6) is -0.758. The zero-order valence-electron chi connectivity index (χ0n) is 26.8. The number of nitrogens with zero attached hydrogens (tertiary/aromatic N) is 3. The minimum absolute atomic E-state index is 0.0635. The fraction of sp³-hybridized carbons (Fsp3) is 0.333. The fourth-order valence-electron chi connectivity index (χ4n) is 5.67. The van der Waals surface area contributed by atoms with Gasteiger partial charge in [0.1, 0.15) is 5.01 Å². The van der Waals surface area contributed by atoms with Gasteiger partial charge in [-0.2, -0.15) is 13.2 Å². The number of thiazole rings is 1. The van der Waals surface area contributed by atoms with Crippen molar-refractivity contribution in [1.29, 1.82) is 0 Å². The Morgan fingerprint density at radius 1 is 1.02 bits per heavy atom. The summed E-state index contributed by atoms with van der Waals surface area (Å²) in [7, 11) is 1.68. The van der Waals surface area contributed by atoms with Crippen molar-refractivity contribution in [2.24, 2.45) is 0 Å². The average Bonchev–Trinajstić information content (AvgIpc) is 3.69. The van der Waals surface area contributed by atoms with Crippen LogP contribution in [0.3, 0.4) is 0 Å². The summed E-state index contributed by atoms with van der Waals surface area (Å²) in [6.45, 7) is 3.36. The summed E-state index contributed by atoms with van der Waals surface area (Å²) in [6, 6.07) is 19.4. The van der Waals surface area contributed by atoms with Gasteiger partial charge in [0.2, 0.25) is 5.91 Å². The van der Waals surface area contributed by atoms with Crippen LogP contribution in [0.25, 0.3) is 0 Å². The third-order valence-corrected chi connectivity index (χ3v) is 9.06. The lowest BCUT2D eigenvalue weighted by Crippen LogP contribution is -2.39. The van der Waals surface area contributed by atoms with Gasteiger partial charge in [-0.3, -0.25) is 14.4 Å². The molecule has 48 heavy (non-hydrogen) atoms. The Morgan fingerprint density at radius 3 is 2.46 bits per heavy atom. The number of carbonyl (C=O) groups excluding carboxylic acids is 3. The van der Waals surface area contributed by atoms with Gasteiger partial charge in [0.05, 0.1) is 12.1 Å². The maximum atomic E-state index is 13.8. The maximum absolute atomic E-state index is 13.8. The Bertz CT molecular complexity index is 1740. The summed E-state index contributed by atoms with van der Waals surface area (Å²) in [5, 5.41) is 9.02. The monoisotopic (exact) mass is 677 g/mol. The molecule has 1 fully saturated rings. The SMILES string of the molecule is Cc1csc(CN(C)C(=O)c2cc(C(=O)N[C@H](CCNCc3cccc(C(F)(F)F)c3)Cc3ccccc3)cc(N3CCCC3=O)c2)n1. The first-order valence-corrected chi connectivity index (χ1v) is 16.7. The van der Waals surface area contributed by atoms with Gasteiger partial charge in [-0.05, 0) is 68.1 Å². The van der Waals surface area contributed by atoms with Gasteiger partial charge >= 0.3 is 6.18 Å². The zero-order valence-corrected chi connectivity index (χ0v) is 27.7. The third kappa shape index (κ3) is 9.29. The van der Waals surface area contributed by atoms with Crippen molar-refractivity contribution >= 4 is 34.7 Å². The van der Waals surface area contributed by atoms with Crippen molar-refractivity contribution in [3.8, 4) is 0 Å². The fourth-order valence-corrected chi connectivity index (χ4v) is 6.50. The van der Waals surface area contributed by atoms with Gasteiger partial charge in [-0.1, -0.05) is 48.5 Å². The number of hydrogen-bond acceptors (Lipinski definition) is 6. The minimum atomic E-state index is -4.42. The molecule has 12 heteroatoms. The highest BCUT2D eigenvalue weighted by molar-refractivity contribution is 7.09. The third-order valence-electron chi connectivity index (χ3n) is 8.11. The lowest BCUT2D eigenvalue weighted by Gasteiger charge is -2.22.